The van der Waals surface area contributed by atoms with E-state index in [0.29, 0.717) is 0 Å². The van der Waals surface area contributed by atoms with Gasteiger partial charge in [-0.25, -0.2) is 0 Å². The second-order valence-electron chi connectivity index (χ2n) is 5.40. The quantitative estimate of drug-likeness (QED) is 0.634. The number of benzene rings is 1. The molecule has 1 aromatic carbocycles. The van der Waals surface area contributed by atoms with E-state index >= 15 is 0 Å². The van der Waals surface area contributed by atoms with Crippen molar-refractivity contribution in [3.8, 4) is 0 Å². The van der Waals surface area contributed by atoms with Crippen molar-refractivity contribution < 1.29 is 0 Å². The van der Waals surface area contributed by atoms with E-state index in [2.05, 4.69) is 36.2 Å². The smallest absolute Gasteiger partial charge is 0.185 e. The third kappa shape index (κ3) is 2.66. The van der Waals surface area contributed by atoms with E-state index in [-0.39, 0.29) is 11.4 Å². The summed E-state index contributed by atoms with van der Waals surface area (Å²) >= 11 is 0. The number of guanidine groups is 1. The number of rotatable bonds is 3. The minimum Gasteiger partial charge on any atom is -0.370 e. The van der Waals surface area contributed by atoms with Gasteiger partial charge in [0, 0.05) is 5.41 Å². The van der Waals surface area contributed by atoms with Crippen molar-refractivity contribution in [3.05, 3.63) is 35.4 Å². The molecule has 0 amide bonds. The summed E-state index contributed by atoms with van der Waals surface area (Å²) < 4.78 is 0. The second-order valence-corrected chi connectivity index (χ2v) is 5.40. The van der Waals surface area contributed by atoms with Gasteiger partial charge in [0.05, 0.1) is 6.54 Å². The van der Waals surface area contributed by atoms with Gasteiger partial charge in [-0.15, -0.1) is 0 Å². The molecule has 0 bridgehead atoms. The van der Waals surface area contributed by atoms with E-state index in [1.807, 2.05) is 0 Å². The van der Waals surface area contributed by atoms with Crippen molar-refractivity contribution in [2.45, 2.75) is 44.4 Å². The molecule has 0 unspecified atom stereocenters. The Labute approximate surface area is 109 Å². The lowest BCUT2D eigenvalue weighted by atomic mass is 9.68. The van der Waals surface area contributed by atoms with Gasteiger partial charge in [-0.3, -0.25) is 4.99 Å². The molecule has 0 aromatic heterocycles. The summed E-state index contributed by atoms with van der Waals surface area (Å²) in [5.74, 6) is 0.202. The van der Waals surface area contributed by atoms with Crippen molar-refractivity contribution in [3.63, 3.8) is 0 Å². The van der Waals surface area contributed by atoms with Crippen LogP contribution in [0.5, 0.6) is 0 Å². The minimum atomic E-state index is 0.146. The molecule has 3 nitrogen and oxygen atoms in total. The lowest BCUT2D eigenvalue weighted by Gasteiger charge is -2.37. The number of hydrogen-bond donors (Lipinski definition) is 2. The van der Waals surface area contributed by atoms with Crippen LogP contribution >= 0.6 is 0 Å². The zero-order valence-electron chi connectivity index (χ0n) is 11.2. The van der Waals surface area contributed by atoms with E-state index < -0.39 is 0 Å². The van der Waals surface area contributed by atoms with Gasteiger partial charge in [-0.05, 0) is 30.9 Å². The number of aliphatic imine (C=N–C) groups is 1. The summed E-state index contributed by atoms with van der Waals surface area (Å²) in [5, 5.41) is 0. The fraction of sp³-hybridized carbons (Fsp3) is 0.533. The minimum absolute atomic E-state index is 0.146. The van der Waals surface area contributed by atoms with Crippen LogP contribution in [0.15, 0.2) is 29.3 Å². The molecule has 18 heavy (non-hydrogen) atoms. The maximum Gasteiger partial charge on any atom is 0.185 e. The highest BCUT2D eigenvalue weighted by molar-refractivity contribution is 5.75. The van der Waals surface area contributed by atoms with E-state index in [1.165, 1.54) is 43.2 Å². The molecule has 1 aromatic rings. The lowest BCUT2D eigenvalue weighted by Crippen LogP contribution is -2.35. The summed E-state index contributed by atoms with van der Waals surface area (Å²) in [4.78, 5) is 4.31. The average Bonchev–Trinajstić information content (AvgIpc) is 2.38. The Morgan fingerprint density at radius 1 is 1.17 bits per heavy atom. The maximum absolute atomic E-state index is 5.51. The van der Waals surface area contributed by atoms with Gasteiger partial charge in [-0.1, -0.05) is 43.5 Å². The standard InChI is InChI=1S/C15H23N3/c1-12-7-3-4-8-13(12)15(11-18-14(16)17)9-5-2-6-10-15/h3-4,7-8H,2,5-6,9-11H2,1H3,(H4,16,17,18). The molecule has 98 valence electrons. The molecule has 1 saturated carbocycles. The molecule has 0 aliphatic heterocycles. The van der Waals surface area contributed by atoms with Crippen molar-refractivity contribution in [1.82, 2.24) is 0 Å². The Kier molecular flexibility index (Phi) is 3.90. The van der Waals surface area contributed by atoms with Crippen LogP contribution in [0.1, 0.15) is 43.2 Å². The first-order valence-electron chi connectivity index (χ1n) is 6.76. The Morgan fingerprint density at radius 2 is 1.83 bits per heavy atom. The lowest BCUT2D eigenvalue weighted by molar-refractivity contribution is 0.300. The van der Waals surface area contributed by atoms with Gasteiger partial charge >= 0.3 is 0 Å². The Hall–Kier alpha value is -1.51. The summed E-state index contributed by atoms with van der Waals surface area (Å²) in [6, 6.07) is 8.63. The molecule has 1 fully saturated rings. The van der Waals surface area contributed by atoms with E-state index in [4.69, 9.17) is 11.5 Å². The molecule has 2 rings (SSSR count). The van der Waals surface area contributed by atoms with Gasteiger partial charge in [0.25, 0.3) is 0 Å². The number of aryl methyl sites for hydroxylation is 1. The van der Waals surface area contributed by atoms with E-state index in [9.17, 15) is 0 Å². The largest absolute Gasteiger partial charge is 0.370 e. The number of nitrogens with zero attached hydrogens (tertiary/aromatic N) is 1. The first kappa shape index (κ1) is 12.9. The van der Waals surface area contributed by atoms with Crippen molar-refractivity contribution in [1.29, 1.82) is 0 Å². The first-order valence-corrected chi connectivity index (χ1v) is 6.76. The fourth-order valence-corrected chi connectivity index (χ4v) is 3.15. The van der Waals surface area contributed by atoms with Crippen LogP contribution in [0.3, 0.4) is 0 Å². The maximum atomic E-state index is 5.51. The van der Waals surface area contributed by atoms with E-state index in [1.54, 1.807) is 0 Å². The normalized spacial score (nSPS) is 18.3. The third-order valence-electron chi connectivity index (χ3n) is 4.09. The summed E-state index contributed by atoms with van der Waals surface area (Å²) in [5.41, 5.74) is 13.9. The molecule has 0 heterocycles. The molecule has 0 radical (unpaired) electrons. The summed E-state index contributed by atoms with van der Waals surface area (Å²) in [6.07, 6.45) is 6.25. The van der Waals surface area contributed by atoms with Gasteiger partial charge in [0.2, 0.25) is 0 Å². The van der Waals surface area contributed by atoms with Crippen molar-refractivity contribution in [2.24, 2.45) is 16.5 Å². The van der Waals surface area contributed by atoms with Gasteiger partial charge in [0.1, 0.15) is 0 Å². The molecular formula is C15H23N3. The van der Waals surface area contributed by atoms with Crippen molar-refractivity contribution >= 4 is 5.96 Å². The number of nitrogens with two attached hydrogens (primary N) is 2. The molecule has 0 saturated heterocycles. The Bertz CT molecular complexity index is 427. The first-order chi connectivity index (χ1) is 8.64. The van der Waals surface area contributed by atoms with Gasteiger partial charge in [0.15, 0.2) is 5.96 Å². The third-order valence-corrected chi connectivity index (χ3v) is 4.09. The summed E-state index contributed by atoms with van der Waals surface area (Å²) in [7, 11) is 0. The van der Waals surface area contributed by atoms with Gasteiger partial charge in [-0.2, -0.15) is 0 Å². The molecule has 0 atom stereocenters. The Morgan fingerprint density at radius 3 is 2.44 bits per heavy atom. The highest BCUT2D eigenvalue weighted by Crippen LogP contribution is 2.41. The van der Waals surface area contributed by atoms with Crippen molar-refractivity contribution in [2.75, 3.05) is 6.54 Å². The molecule has 1 aliphatic carbocycles. The average molecular weight is 245 g/mol. The van der Waals surface area contributed by atoms with Crippen LogP contribution in [0, 0.1) is 6.92 Å². The predicted molar refractivity (Wildman–Crippen MR) is 76.6 cm³/mol. The van der Waals surface area contributed by atoms with Crippen LogP contribution in [-0.4, -0.2) is 12.5 Å². The summed E-state index contributed by atoms with van der Waals surface area (Å²) in [6.45, 7) is 2.90. The SMILES string of the molecule is Cc1ccccc1C1(CN=C(N)N)CCCCC1. The molecule has 4 N–H and O–H groups in total. The zero-order chi connectivity index (χ0) is 13.0. The molecule has 0 spiro atoms. The van der Waals surface area contributed by atoms with Crippen LogP contribution in [0.2, 0.25) is 0 Å². The van der Waals surface area contributed by atoms with Crippen LogP contribution in [0.4, 0.5) is 0 Å². The Balaban J connectivity index is 2.35. The monoisotopic (exact) mass is 245 g/mol. The molecule has 1 aliphatic rings. The van der Waals surface area contributed by atoms with Crippen LogP contribution in [-0.2, 0) is 5.41 Å². The highest BCUT2D eigenvalue weighted by Gasteiger charge is 2.34. The zero-order valence-corrected chi connectivity index (χ0v) is 11.2. The van der Waals surface area contributed by atoms with Gasteiger partial charge < -0.3 is 11.5 Å². The molecule has 3 heteroatoms. The second kappa shape index (κ2) is 5.42. The highest BCUT2D eigenvalue weighted by atomic mass is 15.0. The molecular weight excluding hydrogens is 222 g/mol. The van der Waals surface area contributed by atoms with Crippen LogP contribution in [0.25, 0.3) is 0 Å². The predicted octanol–water partition coefficient (Wildman–Crippen LogP) is 2.47. The number of hydrogen-bond acceptors (Lipinski definition) is 1. The fourth-order valence-electron chi connectivity index (χ4n) is 3.15. The topological polar surface area (TPSA) is 64.4 Å². The van der Waals surface area contributed by atoms with E-state index in [0.717, 1.165) is 6.54 Å². The van der Waals surface area contributed by atoms with Crippen LogP contribution < -0.4 is 11.5 Å².